The van der Waals surface area contributed by atoms with E-state index in [4.69, 9.17) is 9.84 Å². The molecule has 0 aromatic rings. The van der Waals surface area contributed by atoms with Gasteiger partial charge in [0.1, 0.15) is 6.04 Å². The normalized spacial score (nSPS) is 13.9. The van der Waals surface area contributed by atoms with E-state index >= 15 is 0 Å². The number of carboxylic acids is 1. The lowest BCUT2D eigenvalue weighted by Crippen LogP contribution is -2.45. The minimum absolute atomic E-state index is 0.197. The molecule has 0 rings (SSSR count). The third kappa shape index (κ3) is 7.78. The van der Waals surface area contributed by atoms with Crippen molar-refractivity contribution in [3.63, 3.8) is 0 Å². The first-order valence-electron chi connectivity index (χ1n) is 5.74. The fourth-order valence-electron chi connectivity index (χ4n) is 1.26. The smallest absolute Gasteiger partial charge is 0.327 e. The summed E-state index contributed by atoms with van der Waals surface area (Å²) >= 11 is 0. The Morgan fingerprint density at radius 3 is 2.26 bits per heavy atom. The lowest BCUT2D eigenvalue weighted by molar-refractivity contribution is -0.140. The van der Waals surface area contributed by atoms with Gasteiger partial charge in [-0.2, -0.15) is 0 Å². The average Bonchev–Trinajstić information content (AvgIpc) is 2.25. The van der Waals surface area contributed by atoms with Gasteiger partial charge in [-0.3, -0.25) is 4.79 Å². The van der Waals surface area contributed by atoms with E-state index in [-0.39, 0.29) is 12.2 Å². The zero-order valence-corrected chi connectivity index (χ0v) is 12.4. The van der Waals surface area contributed by atoms with Crippen molar-refractivity contribution in [2.24, 2.45) is 0 Å². The fraction of sp³-hybridized carbons (Fsp3) is 0.818. The number of rotatable bonds is 8. The highest BCUT2D eigenvalue weighted by Crippen LogP contribution is 2.14. The van der Waals surface area contributed by atoms with Gasteiger partial charge in [0.15, 0.2) is 9.84 Å². The maximum atomic E-state index is 11.8. The molecule has 7 nitrogen and oxygen atoms in total. The number of hydrogen-bond donors (Lipinski definition) is 2. The molecule has 0 saturated carbocycles. The highest BCUT2D eigenvalue weighted by Gasteiger charge is 2.28. The van der Waals surface area contributed by atoms with Crippen molar-refractivity contribution >= 4 is 21.7 Å². The zero-order chi connectivity index (χ0) is 15.3. The Bertz CT molecular complexity index is 428. The summed E-state index contributed by atoms with van der Waals surface area (Å²) in [6, 6.07) is -1.42. The van der Waals surface area contributed by atoms with Gasteiger partial charge in [-0.25, -0.2) is 13.2 Å². The predicted octanol–water partition coefficient (Wildman–Crippen LogP) is -0.194. The first kappa shape index (κ1) is 17.8. The Morgan fingerprint density at radius 1 is 1.37 bits per heavy atom. The molecule has 0 unspecified atom stereocenters. The molecule has 8 heteroatoms. The molecular weight excluding hydrogens is 274 g/mol. The second-order valence-electron chi connectivity index (χ2n) is 4.92. The minimum Gasteiger partial charge on any atom is -0.480 e. The maximum absolute atomic E-state index is 11.8. The average molecular weight is 295 g/mol. The van der Waals surface area contributed by atoms with E-state index in [1.807, 2.05) is 0 Å². The monoisotopic (exact) mass is 295 g/mol. The lowest BCUT2D eigenvalue weighted by atomic mass is 10.1. The molecule has 0 aromatic carbocycles. The molecule has 0 aliphatic rings. The van der Waals surface area contributed by atoms with E-state index in [1.165, 1.54) is 7.11 Å². The van der Waals surface area contributed by atoms with Crippen molar-refractivity contribution in [1.82, 2.24) is 5.32 Å². The van der Waals surface area contributed by atoms with E-state index < -0.39 is 39.1 Å². The second kappa shape index (κ2) is 6.85. The van der Waals surface area contributed by atoms with Gasteiger partial charge in [0.05, 0.1) is 17.1 Å². The topological polar surface area (TPSA) is 110 Å². The van der Waals surface area contributed by atoms with Crippen LogP contribution in [0.2, 0.25) is 0 Å². The Morgan fingerprint density at radius 2 is 1.89 bits per heavy atom. The highest BCUT2D eigenvalue weighted by atomic mass is 32.2. The largest absolute Gasteiger partial charge is 0.480 e. The molecule has 19 heavy (non-hydrogen) atoms. The van der Waals surface area contributed by atoms with Crippen LogP contribution in [0.1, 0.15) is 27.2 Å². The molecule has 0 bridgehead atoms. The van der Waals surface area contributed by atoms with Crippen molar-refractivity contribution in [3.05, 3.63) is 0 Å². The summed E-state index contributed by atoms with van der Waals surface area (Å²) in [5, 5.41) is 11.0. The third-order valence-corrected chi connectivity index (χ3v) is 4.33. The summed E-state index contributed by atoms with van der Waals surface area (Å²) in [6.07, 6.45) is 0.248. The minimum atomic E-state index is -3.59. The van der Waals surface area contributed by atoms with Crippen LogP contribution >= 0.6 is 0 Å². The van der Waals surface area contributed by atoms with Crippen LogP contribution in [-0.2, 0) is 24.2 Å². The van der Waals surface area contributed by atoms with Gasteiger partial charge in [-0.1, -0.05) is 0 Å². The molecule has 0 fully saturated rings. The van der Waals surface area contributed by atoms with Crippen molar-refractivity contribution in [3.8, 4) is 0 Å². The van der Waals surface area contributed by atoms with E-state index in [0.29, 0.717) is 0 Å². The van der Waals surface area contributed by atoms with Crippen LogP contribution in [0, 0.1) is 0 Å². The number of hydrogen-bond acceptors (Lipinski definition) is 5. The van der Waals surface area contributed by atoms with Gasteiger partial charge in [0, 0.05) is 14.0 Å². The Hall–Kier alpha value is -1.15. The molecule has 2 N–H and O–H groups in total. The van der Waals surface area contributed by atoms with Gasteiger partial charge < -0.3 is 15.2 Å². The standard InChI is InChI=1S/C11H21NO6S/c1-8(13)12-9(10(14)15)7-19(16,17)6-5-11(2,3)18-4/h9H,5-7H2,1-4H3,(H,12,13)(H,14,15)/t9-/m0/s1. The number of amides is 1. The molecule has 0 saturated heterocycles. The van der Waals surface area contributed by atoms with Crippen molar-refractivity contribution in [2.45, 2.75) is 38.8 Å². The number of methoxy groups -OCH3 is 1. The maximum Gasteiger partial charge on any atom is 0.327 e. The van der Waals surface area contributed by atoms with Gasteiger partial charge in [-0.05, 0) is 20.3 Å². The highest BCUT2D eigenvalue weighted by molar-refractivity contribution is 7.91. The number of aliphatic carboxylic acids is 1. The van der Waals surface area contributed by atoms with E-state index in [0.717, 1.165) is 6.92 Å². The number of ether oxygens (including phenoxy) is 1. The quantitative estimate of drug-likeness (QED) is 0.642. The molecule has 0 aliphatic carbocycles. The fourth-order valence-corrected chi connectivity index (χ4v) is 2.96. The van der Waals surface area contributed by atoms with Crippen LogP contribution in [0.3, 0.4) is 0 Å². The SMILES string of the molecule is COC(C)(C)CCS(=O)(=O)C[C@H](NC(C)=O)C(=O)O. The zero-order valence-electron chi connectivity index (χ0n) is 11.6. The lowest BCUT2D eigenvalue weighted by Gasteiger charge is -2.23. The van der Waals surface area contributed by atoms with Gasteiger partial charge in [0.2, 0.25) is 5.91 Å². The third-order valence-electron chi connectivity index (χ3n) is 2.66. The summed E-state index contributed by atoms with van der Waals surface area (Å²) in [6.45, 7) is 4.62. The Kier molecular flexibility index (Phi) is 6.44. The summed E-state index contributed by atoms with van der Waals surface area (Å²) in [4.78, 5) is 21.7. The van der Waals surface area contributed by atoms with Crippen LogP contribution in [0.25, 0.3) is 0 Å². The first-order chi connectivity index (χ1) is 8.49. The van der Waals surface area contributed by atoms with Gasteiger partial charge in [-0.15, -0.1) is 0 Å². The van der Waals surface area contributed by atoms with Gasteiger partial charge >= 0.3 is 5.97 Å². The molecule has 0 aliphatic heterocycles. The van der Waals surface area contributed by atoms with Crippen LogP contribution in [0.4, 0.5) is 0 Å². The molecule has 0 heterocycles. The molecule has 0 aromatic heterocycles. The number of nitrogens with one attached hydrogen (secondary N) is 1. The number of carbonyl (C=O) groups excluding carboxylic acids is 1. The number of carbonyl (C=O) groups is 2. The van der Waals surface area contributed by atoms with Crippen LogP contribution < -0.4 is 5.32 Å². The van der Waals surface area contributed by atoms with Crippen molar-refractivity contribution in [2.75, 3.05) is 18.6 Å². The van der Waals surface area contributed by atoms with E-state index in [9.17, 15) is 18.0 Å². The van der Waals surface area contributed by atoms with Crippen LogP contribution in [0.15, 0.2) is 0 Å². The van der Waals surface area contributed by atoms with Crippen molar-refractivity contribution < 1.29 is 27.9 Å². The van der Waals surface area contributed by atoms with Crippen LogP contribution in [-0.4, -0.2) is 55.7 Å². The Balaban J connectivity index is 4.65. The van der Waals surface area contributed by atoms with Crippen molar-refractivity contribution in [1.29, 1.82) is 0 Å². The molecule has 0 spiro atoms. The van der Waals surface area contributed by atoms with E-state index in [1.54, 1.807) is 13.8 Å². The predicted molar refractivity (Wildman–Crippen MR) is 69.6 cm³/mol. The van der Waals surface area contributed by atoms with Gasteiger partial charge in [0.25, 0.3) is 0 Å². The van der Waals surface area contributed by atoms with E-state index in [2.05, 4.69) is 5.32 Å². The number of sulfone groups is 1. The molecule has 1 amide bonds. The molecular formula is C11H21NO6S. The first-order valence-corrected chi connectivity index (χ1v) is 7.57. The molecule has 112 valence electrons. The summed E-state index contributed by atoms with van der Waals surface area (Å²) in [7, 11) is -2.11. The summed E-state index contributed by atoms with van der Waals surface area (Å²) in [5.41, 5.74) is -0.597. The molecule has 1 atom stereocenters. The molecule has 0 radical (unpaired) electrons. The van der Waals surface area contributed by atoms with Crippen LogP contribution in [0.5, 0.6) is 0 Å². The second-order valence-corrected chi connectivity index (χ2v) is 7.15. The Labute approximate surface area is 113 Å². The number of carboxylic acid groups (broad SMARTS) is 1. The summed E-state index contributed by atoms with van der Waals surface area (Å²) in [5.74, 6) is -2.77. The summed E-state index contributed by atoms with van der Waals surface area (Å²) < 4.78 is 28.7.